The number of carbonyl (C=O) groups is 1. The molecule has 0 aliphatic carbocycles. The molecule has 0 saturated heterocycles. The molecular formula is C19H15N5OS. The first-order valence-electron chi connectivity index (χ1n) is 8.03. The van der Waals surface area contributed by atoms with Gasteiger partial charge in [0, 0.05) is 30.7 Å². The summed E-state index contributed by atoms with van der Waals surface area (Å²) in [5.41, 5.74) is 3.92. The third-order valence-electron chi connectivity index (χ3n) is 3.88. The van der Waals surface area contributed by atoms with Gasteiger partial charge in [-0.15, -0.1) is 11.3 Å². The second-order valence-electron chi connectivity index (χ2n) is 5.57. The molecular weight excluding hydrogens is 346 g/mol. The Morgan fingerprint density at radius 1 is 1.12 bits per heavy atom. The molecule has 6 nitrogen and oxygen atoms in total. The van der Waals surface area contributed by atoms with Crippen LogP contribution in [-0.4, -0.2) is 26.1 Å². The third kappa shape index (κ3) is 3.38. The van der Waals surface area contributed by atoms with Crippen LogP contribution in [0.4, 0.5) is 0 Å². The maximum absolute atomic E-state index is 12.4. The quantitative estimate of drug-likeness (QED) is 0.570. The van der Waals surface area contributed by atoms with Gasteiger partial charge in [0.15, 0.2) is 5.69 Å². The van der Waals surface area contributed by atoms with Gasteiger partial charge in [0.05, 0.1) is 16.3 Å². The van der Waals surface area contributed by atoms with E-state index < -0.39 is 0 Å². The number of nitrogens with zero attached hydrogens (tertiary/aromatic N) is 3. The molecule has 0 aliphatic heterocycles. The van der Waals surface area contributed by atoms with Gasteiger partial charge in [-0.05, 0) is 41.3 Å². The molecule has 7 heteroatoms. The summed E-state index contributed by atoms with van der Waals surface area (Å²) in [6, 6.07) is 13.3. The van der Waals surface area contributed by atoms with Gasteiger partial charge >= 0.3 is 0 Å². The number of thiophene rings is 1. The lowest BCUT2D eigenvalue weighted by Crippen LogP contribution is -2.23. The summed E-state index contributed by atoms with van der Waals surface area (Å²) in [5, 5.41) is 11.9. The zero-order chi connectivity index (χ0) is 17.8. The standard InChI is InChI=1S/C19H15N5OS/c25-19(16-11-15(23-24-16)17-4-2-10-26-17)22-12-14-3-1-7-21-18(14)13-5-8-20-9-6-13/h1-11H,12H2,(H,22,25)(H,23,24). The number of hydrogen-bond acceptors (Lipinski definition) is 5. The number of amides is 1. The predicted molar refractivity (Wildman–Crippen MR) is 101 cm³/mol. The normalized spacial score (nSPS) is 10.6. The van der Waals surface area contributed by atoms with E-state index in [0.29, 0.717) is 12.2 Å². The summed E-state index contributed by atoms with van der Waals surface area (Å²) in [6.07, 6.45) is 5.19. The van der Waals surface area contributed by atoms with E-state index in [9.17, 15) is 4.79 Å². The molecule has 4 rings (SSSR count). The summed E-state index contributed by atoms with van der Waals surface area (Å²) < 4.78 is 0. The van der Waals surface area contributed by atoms with Gasteiger partial charge in [-0.2, -0.15) is 5.10 Å². The fourth-order valence-electron chi connectivity index (χ4n) is 2.61. The second kappa shape index (κ2) is 7.28. The number of aromatic nitrogens is 4. The summed E-state index contributed by atoms with van der Waals surface area (Å²) in [5.74, 6) is -0.228. The molecule has 0 aromatic carbocycles. The van der Waals surface area contributed by atoms with E-state index in [1.807, 2.05) is 41.8 Å². The van der Waals surface area contributed by atoms with Crippen LogP contribution in [0.5, 0.6) is 0 Å². The Hall–Kier alpha value is -3.32. The molecule has 4 aromatic rings. The van der Waals surface area contributed by atoms with E-state index in [1.165, 1.54) is 0 Å². The molecule has 0 spiro atoms. The molecule has 0 saturated carbocycles. The molecule has 26 heavy (non-hydrogen) atoms. The molecule has 0 unspecified atom stereocenters. The first-order chi connectivity index (χ1) is 12.8. The highest BCUT2D eigenvalue weighted by atomic mass is 32.1. The Morgan fingerprint density at radius 2 is 2.00 bits per heavy atom. The van der Waals surface area contributed by atoms with Crippen molar-refractivity contribution < 1.29 is 4.79 Å². The molecule has 0 atom stereocenters. The number of carbonyl (C=O) groups excluding carboxylic acids is 1. The number of aromatic amines is 1. The predicted octanol–water partition coefficient (Wildman–Crippen LogP) is 3.53. The third-order valence-corrected chi connectivity index (χ3v) is 4.78. The highest BCUT2D eigenvalue weighted by Gasteiger charge is 2.13. The molecule has 0 fully saturated rings. The minimum Gasteiger partial charge on any atom is -0.346 e. The van der Waals surface area contributed by atoms with Crippen molar-refractivity contribution in [2.75, 3.05) is 0 Å². The van der Waals surface area contributed by atoms with Crippen molar-refractivity contribution >= 4 is 17.2 Å². The topological polar surface area (TPSA) is 83.6 Å². The van der Waals surface area contributed by atoms with Crippen molar-refractivity contribution in [1.29, 1.82) is 0 Å². The van der Waals surface area contributed by atoms with Crippen molar-refractivity contribution in [1.82, 2.24) is 25.5 Å². The lowest BCUT2D eigenvalue weighted by atomic mass is 10.1. The molecule has 4 heterocycles. The van der Waals surface area contributed by atoms with Crippen molar-refractivity contribution in [3.05, 3.63) is 77.7 Å². The van der Waals surface area contributed by atoms with Crippen LogP contribution in [0, 0.1) is 0 Å². The number of pyridine rings is 2. The SMILES string of the molecule is O=C(NCc1cccnc1-c1ccncc1)c1cc(-c2cccs2)[nH]n1. The molecule has 0 aliphatic rings. The zero-order valence-electron chi connectivity index (χ0n) is 13.7. The first kappa shape index (κ1) is 16.2. The Balaban J connectivity index is 1.49. The van der Waals surface area contributed by atoms with Crippen molar-refractivity contribution in [3.63, 3.8) is 0 Å². The Bertz CT molecular complexity index is 1010. The van der Waals surface area contributed by atoms with Gasteiger partial charge < -0.3 is 5.32 Å². The lowest BCUT2D eigenvalue weighted by molar-refractivity contribution is 0.0946. The van der Waals surface area contributed by atoms with Gasteiger partial charge in [0.2, 0.25) is 0 Å². The van der Waals surface area contributed by atoms with Crippen molar-refractivity contribution in [2.24, 2.45) is 0 Å². The van der Waals surface area contributed by atoms with Crippen LogP contribution in [0.25, 0.3) is 21.8 Å². The van der Waals surface area contributed by atoms with Crippen LogP contribution in [0.15, 0.2) is 66.4 Å². The Labute approximate surface area is 154 Å². The zero-order valence-corrected chi connectivity index (χ0v) is 14.5. The Morgan fingerprint density at radius 3 is 2.81 bits per heavy atom. The van der Waals surface area contributed by atoms with Crippen molar-refractivity contribution in [3.8, 4) is 21.8 Å². The maximum Gasteiger partial charge on any atom is 0.272 e. The number of rotatable bonds is 5. The van der Waals surface area contributed by atoms with Gasteiger partial charge in [-0.1, -0.05) is 12.1 Å². The summed E-state index contributed by atoms with van der Waals surface area (Å²) >= 11 is 1.59. The first-order valence-corrected chi connectivity index (χ1v) is 8.91. The highest BCUT2D eigenvalue weighted by Crippen LogP contribution is 2.23. The smallest absolute Gasteiger partial charge is 0.272 e. The minimum atomic E-state index is -0.228. The molecule has 0 radical (unpaired) electrons. The van der Waals surface area contributed by atoms with E-state index in [1.54, 1.807) is 36.0 Å². The monoisotopic (exact) mass is 361 g/mol. The average molecular weight is 361 g/mol. The van der Waals surface area contributed by atoms with Crippen LogP contribution in [-0.2, 0) is 6.54 Å². The van der Waals surface area contributed by atoms with E-state index in [4.69, 9.17) is 0 Å². The summed E-state index contributed by atoms with van der Waals surface area (Å²) in [6.45, 7) is 0.367. The molecule has 2 N–H and O–H groups in total. The van der Waals surface area contributed by atoms with Crippen molar-refractivity contribution in [2.45, 2.75) is 6.54 Å². The molecule has 4 aromatic heterocycles. The highest BCUT2D eigenvalue weighted by molar-refractivity contribution is 7.13. The van der Waals surface area contributed by atoms with Crippen LogP contribution in [0.3, 0.4) is 0 Å². The molecule has 0 bridgehead atoms. The van der Waals surface area contributed by atoms with Gasteiger partial charge in [-0.3, -0.25) is 19.9 Å². The van der Waals surface area contributed by atoms with Gasteiger partial charge in [-0.25, -0.2) is 0 Å². The fraction of sp³-hybridized carbons (Fsp3) is 0.0526. The second-order valence-corrected chi connectivity index (χ2v) is 6.52. The van der Waals surface area contributed by atoms with Crippen LogP contribution in [0.2, 0.25) is 0 Å². The number of hydrogen-bond donors (Lipinski definition) is 2. The van der Waals surface area contributed by atoms with Crippen LogP contribution >= 0.6 is 11.3 Å². The molecule has 1 amide bonds. The Kier molecular flexibility index (Phi) is 4.53. The van der Waals surface area contributed by atoms with E-state index >= 15 is 0 Å². The number of H-pyrrole nitrogens is 1. The van der Waals surface area contributed by atoms with E-state index in [2.05, 4.69) is 25.5 Å². The number of nitrogens with one attached hydrogen (secondary N) is 2. The average Bonchev–Trinajstić information content (AvgIpc) is 3.38. The largest absolute Gasteiger partial charge is 0.346 e. The van der Waals surface area contributed by atoms with Gasteiger partial charge in [0.1, 0.15) is 0 Å². The minimum absolute atomic E-state index is 0.228. The van der Waals surface area contributed by atoms with E-state index in [0.717, 1.165) is 27.4 Å². The van der Waals surface area contributed by atoms with Gasteiger partial charge in [0.25, 0.3) is 5.91 Å². The summed E-state index contributed by atoms with van der Waals surface area (Å²) in [4.78, 5) is 21.9. The summed E-state index contributed by atoms with van der Waals surface area (Å²) in [7, 11) is 0. The molecule has 128 valence electrons. The van der Waals surface area contributed by atoms with Crippen LogP contribution in [0.1, 0.15) is 16.1 Å². The lowest BCUT2D eigenvalue weighted by Gasteiger charge is -2.09. The van der Waals surface area contributed by atoms with E-state index in [-0.39, 0.29) is 5.91 Å². The van der Waals surface area contributed by atoms with Crippen LogP contribution < -0.4 is 5.32 Å². The maximum atomic E-state index is 12.4. The fourth-order valence-corrected chi connectivity index (χ4v) is 3.31.